The van der Waals surface area contributed by atoms with Gasteiger partial charge in [0.05, 0.1) is 21.8 Å². The van der Waals surface area contributed by atoms with Gasteiger partial charge in [0.1, 0.15) is 5.82 Å². The summed E-state index contributed by atoms with van der Waals surface area (Å²) >= 11 is 3.16. The van der Waals surface area contributed by atoms with Crippen LogP contribution in [0.25, 0.3) is 0 Å². The minimum absolute atomic E-state index is 0.104. The first-order valence-corrected chi connectivity index (χ1v) is 8.30. The van der Waals surface area contributed by atoms with Gasteiger partial charge in [0.15, 0.2) is 0 Å². The van der Waals surface area contributed by atoms with Gasteiger partial charge in [-0.25, -0.2) is 4.98 Å². The summed E-state index contributed by atoms with van der Waals surface area (Å²) < 4.78 is 40.0. The minimum Gasteiger partial charge on any atom is -0.352 e. The van der Waals surface area contributed by atoms with E-state index in [1.54, 1.807) is 22.8 Å². The van der Waals surface area contributed by atoms with Crippen molar-refractivity contribution in [3.05, 3.63) is 40.3 Å². The van der Waals surface area contributed by atoms with Crippen molar-refractivity contribution >= 4 is 27.7 Å². The van der Waals surface area contributed by atoms with Crippen LogP contribution >= 0.6 is 15.9 Å². The number of amides is 1. The normalized spacial score (nSPS) is 15.6. The second-order valence-corrected chi connectivity index (χ2v) is 6.56. The molecule has 0 bridgehead atoms. The summed E-state index contributed by atoms with van der Waals surface area (Å²) in [4.78, 5) is 19.9. The van der Waals surface area contributed by atoms with Crippen LogP contribution in [0.4, 0.5) is 19.0 Å². The summed E-state index contributed by atoms with van der Waals surface area (Å²) in [7, 11) is 1.74. The van der Waals surface area contributed by atoms with Gasteiger partial charge in [0.25, 0.3) is 5.91 Å². The van der Waals surface area contributed by atoms with Gasteiger partial charge in [-0.15, -0.1) is 0 Å². The summed E-state index contributed by atoms with van der Waals surface area (Å²) in [6.07, 6.45) is -0.429. The van der Waals surface area contributed by atoms with Gasteiger partial charge in [-0.3, -0.25) is 9.48 Å². The lowest BCUT2D eigenvalue weighted by Crippen LogP contribution is -2.49. The van der Waals surface area contributed by atoms with Crippen LogP contribution in [0.15, 0.2) is 29.1 Å². The Morgan fingerprint density at radius 3 is 2.40 bits per heavy atom. The molecule has 6 nitrogen and oxygen atoms in total. The van der Waals surface area contributed by atoms with Gasteiger partial charge >= 0.3 is 6.18 Å². The Labute approximate surface area is 150 Å². The molecule has 1 saturated heterocycles. The maximum atomic E-state index is 12.7. The van der Waals surface area contributed by atoms with Crippen LogP contribution in [0.3, 0.4) is 0 Å². The van der Waals surface area contributed by atoms with Crippen molar-refractivity contribution in [1.82, 2.24) is 19.7 Å². The molecule has 3 heterocycles. The Morgan fingerprint density at radius 1 is 1.20 bits per heavy atom. The number of halogens is 4. The topological polar surface area (TPSA) is 54.3 Å². The van der Waals surface area contributed by atoms with Gasteiger partial charge < -0.3 is 9.80 Å². The van der Waals surface area contributed by atoms with Crippen LogP contribution < -0.4 is 4.90 Å². The molecule has 1 amide bonds. The average molecular weight is 418 g/mol. The van der Waals surface area contributed by atoms with E-state index in [0.29, 0.717) is 37.6 Å². The molecule has 0 radical (unpaired) electrons. The maximum Gasteiger partial charge on any atom is 0.417 e. The predicted octanol–water partition coefficient (Wildman–Crippen LogP) is 2.56. The summed E-state index contributed by atoms with van der Waals surface area (Å²) in [6.45, 7) is 1.90. The van der Waals surface area contributed by atoms with Crippen LogP contribution in [0, 0.1) is 0 Å². The molecule has 10 heteroatoms. The Hall–Kier alpha value is -2.10. The third-order valence-electron chi connectivity index (χ3n) is 3.97. The zero-order valence-electron chi connectivity index (χ0n) is 13.3. The zero-order valence-corrected chi connectivity index (χ0v) is 14.9. The molecule has 25 heavy (non-hydrogen) atoms. The molecule has 3 rings (SSSR count). The molecule has 0 aliphatic carbocycles. The van der Waals surface area contributed by atoms with Gasteiger partial charge in [0, 0.05) is 45.6 Å². The Kier molecular flexibility index (Phi) is 4.72. The summed E-state index contributed by atoms with van der Waals surface area (Å²) in [5.74, 6) is 0.341. The molecule has 0 saturated carbocycles. The fourth-order valence-electron chi connectivity index (χ4n) is 2.65. The van der Waals surface area contributed by atoms with E-state index in [1.165, 1.54) is 6.20 Å². The molecule has 0 spiro atoms. The number of carbonyl (C=O) groups is 1. The fraction of sp³-hybridized carbons (Fsp3) is 0.400. The number of carbonyl (C=O) groups excluding carboxylic acids is 1. The van der Waals surface area contributed by atoms with Crippen molar-refractivity contribution in [2.24, 2.45) is 7.05 Å². The molecule has 0 atom stereocenters. The quantitative estimate of drug-likeness (QED) is 0.753. The van der Waals surface area contributed by atoms with Gasteiger partial charge in [0.2, 0.25) is 0 Å². The average Bonchev–Trinajstić information content (AvgIpc) is 3.00. The lowest BCUT2D eigenvalue weighted by atomic mass is 10.2. The van der Waals surface area contributed by atoms with Crippen LogP contribution in [0.5, 0.6) is 0 Å². The molecule has 1 fully saturated rings. The third-order valence-corrected chi connectivity index (χ3v) is 4.55. The van der Waals surface area contributed by atoms with E-state index in [1.807, 2.05) is 4.90 Å². The lowest BCUT2D eigenvalue weighted by Gasteiger charge is -2.35. The Bertz CT molecular complexity index is 784. The van der Waals surface area contributed by atoms with Gasteiger partial charge in [-0.05, 0) is 22.0 Å². The highest BCUT2D eigenvalue weighted by atomic mass is 79.9. The predicted molar refractivity (Wildman–Crippen MR) is 88.3 cm³/mol. The number of rotatable bonds is 2. The smallest absolute Gasteiger partial charge is 0.352 e. The van der Waals surface area contributed by atoms with Crippen LogP contribution in [-0.4, -0.2) is 51.8 Å². The van der Waals surface area contributed by atoms with Crippen molar-refractivity contribution < 1.29 is 18.0 Å². The molecule has 134 valence electrons. The number of alkyl halides is 3. The van der Waals surface area contributed by atoms with E-state index >= 15 is 0 Å². The van der Waals surface area contributed by atoms with Crippen LogP contribution in [-0.2, 0) is 13.2 Å². The molecule has 1 aliphatic heterocycles. The Balaban J connectivity index is 1.67. The highest BCUT2D eigenvalue weighted by Gasteiger charge is 2.32. The number of piperazine rings is 1. The minimum atomic E-state index is -4.43. The number of hydrogen-bond donors (Lipinski definition) is 0. The first kappa shape index (κ1) is 17.7. The number of nitrogens with zero attached hydrogens (tertiary/aromatic N) is 5. The summed E-state index contributed by atoms with van der Waals surface area (Å²) in [5, 5.41) is 3.99. The second-order valence-electron chi connectivity index (χ2n) is 5.71. The number of hydrogen-bond acceptors (Lipinski definition) is 4. The van der Waals surface area contributed by atoms with E-state index < -0.39 is 11.7 Å². The first-order chi connectivity index (χ1) is 11.8. The summed E-state index contributed by atoms with van der Waals surface area (Å²) in [5.41, 5.74) is -0.279. The molecule has 1 aliphatic rings. The molecule has 0 unspecified atom stereocenters. The SMILES string of the molecule is Cn1cc(C(=O)N2CCN(c3ncc(C(F)(F)F)cc3Br)CC2)cn1. The van der Waals surface area contributed by atoms with Gasteiger partial charge in [-0.2, -0.15) is 18.3 Å². The highest BCUT2D eigenvalue weighted by Crippen LogP contribution is 2.33. The monoisotopic (exact) mass is 417 g/mol. The molecule has 2 aromatic heterocycles. The van der Waals surface area contributed by atoms with E-state index in [4.69, 9.17) is 0 Å². The van der Waals surface area contributed by atoms with E-state index in [0.717, 1.165) is 12.3 Å². The van der Waals surface area contributed by atoms with E-state index in [9.17, 15) is 18.0 Å². The number of anilines is 1. The van der Waals surface area contributed by atoms with Crippen molar-refractivity contribution in [2.45, 2.75) is 6.18 Å². The van der Waals surface area contributed by atoms with Crippen LogP contribution in [0.1, 0.15) is 15.9 Å². The lowest BCUT2D eigenvalue weighted by molar-refractivity contribution is -0.137. The molecular weight excluding hydrogens is 403 g/mol. The number of aromatic nitrogens is 3. The fourth-order valence-corrected chi connectivity index (χ4v) is 3.25. The highest BCUT2D eigenvalue weighted by molar-refractivity contribution is 9.10. The van der Waals surface area contributed by atoms with Gasteiger partial charge in [-0.1, -0.05) is 0 Å². The van der Waals surface area contributed by atoms with Crippen molar-refractivity contribution in [3.8, 4) is 0 Å². The van der Waals surface area contributed by atoms with E-state index in [-0.39, 0.29) is 10.4 Å². The van der Waals surface area contributed by atoms with Crippen molar-refractivity contribution in [1.29, 1.82) is 0 Å². The number of aryl methyl sites for hydroxylation is 1. The number of pyridine rings is 1. The molecular formula is C15H15BrF3N5O. The molecule has 0 N–H and O–H groups in total. The third kappa shape index (κ3) is 3.78. The van der Waals surface area contributed by atoms with Crippen molar-refractivity contribution in [3.63, 3.8) is 0 Å². The largest absolute Gasteiger partial charge is 0.417 e. The standard InChI is InChI=1S/C15H15BrF3N5O/c1-22-9-10(7-21-22)14(25)24-4-2-23(3-5-24)13-12(16)6-11(8-20-13)15(17,18)19/h6-9H,2-5H2,1H3. The maximum absolute atomic E-state index is 12.7. The second kappa shape index (κ2) is 6.66. The summed E-state index contributed by atoms with van der Waals surface area (Å²) in [6, 6.07) is 1.02. The van der Waals surface area contributed by atoms with E-state index in [2.05, 4.69) is 26.0 Å². The van der Waals surface area contributed by atoms with Crippen molar-refractivity contribution in [2.75, 3.05) is 31.1 Å². The Morgan fingerprint density at radius 2 is 1.88 bits per heavy atom. The first-order valence-electron chi connectivity index (χ1n) is 7.51. The molecule has 0 aromatic carbocycles. The zero-order chi connectivity index (χ0) is 18.2. The molecule has 2 aromatic rings. The van der Waals surface area contributed by atoms with Crippen LogP contribution in [0.2, 0.25) is 0 Å².